The number of hydrogen-bond acceptors (Lipinski definition) is 2. The Kier molecular flexibility index (Phi) is 1.80. The highest BCUT2D eigenvalue weighted by molar-refractivity contribution is 5.81. The lowest BCUT2D eigenvalue weighted by Crippen LogP contribution is -2.12. The highest BCUT2D eigenvalue weighted by Gasteiger charge is 2.01. The van der Waals surface area contributed by atoms with Crippen molar-refractivity contribution in [2.45, 2.75) is 6.92 Å². The Balaban J connectivity index is 2.60. The van der Waals surface area contributed by atoms with E-state index in [2.05, 4.69) is 4.98 Å². The van der Waals surface area contributed by atoms with E-state index >= 15 is 0 Å². The summed E-state index contributed by atoms with van der Waals surface area (Å²) in [6.07, 6.45) is 1.84. The van der Waals surface area contributed by atoms with Crippen molar-refractivity contribution in [2.24, 2.45) is 0 Å². The van der Waals surface area contributed by atoms with E-state index in [1.807, 2.05) is 47.0 Å². The first-order chi connectivity index (χ1) is 7.75. The van der Waals surface area contributed by atoms with Gasteiger partial charge in [-0.25, -0.2) is 0 Å². The smallest absolute Gasteiger partial charge is 0.276 e. The molecular weight excluding hydrogens is 200 g/mol. The van der Waals surface area contributed by atoms with Crippen molar-refractivity contribution in [1.82, 2.24) is 9.38 Å². The van der Waals surface area contributed by atoms with Crippen LogP contribution in [0.25, 0.3) is 16.6 Å². The molecule has 0 fully saturated rings. The Bertz CT molecular complexity index is 744. The second-order valence-electron chi connectivity index (χ2n) is 3.85. The van der Waals surface area contributed by atoms with Crippen molar-refractivity contribution in [2.75, 3.05) is 0 Å². The van der Waals surface area contributed by atoms with Gasteiger partial charge in [-0.3, -0.25) is 4.79 Å². The normalized spacial score (nSPS) is 11.1. The Morgan fingerprint density at radius 1 is 1.12 bits per heavy atom. The molecule has 2 heterocycles. The SMILES string of the molecule is Cc1cn2c(ccc3ccccc32)nc1=O. The molecule has 78 valence electrons. The Morgan fingerprint density at radius 2 is 1.94 bits per heavy atom. The lowest BCUT2D eigenvalue weighted by Gasteiger charge is -2.05. The van der Waals surface area contributed by atoms with Crippen molar-refractivity contribution in [3.63, 3.8) is 0 Å². The van der Waals surface area contributed by atoms with Gasteiger partial charge in [0.2, 0.25) is 0 Å². The van der Waals surface area contributed by atoms with Crippen LogP contribution in [-0.4, -0.2) is 9.38 Å². The molecule has 0 aliphatic carbocycles. The highest BCUT2D eigenvalue weighted by Crippen LogP contribution is 2.14. The minimum Gasteiger partial charge on any atom is -0.301 e. The van der Waals surface area contributed by atoms with E-state index in [1.165, 1.54) is 0 Å². The number of hydrogen-bond donors (Lipinski definition) is 0. The van der Waals surface area contributed by atoms with Gasteiger partial charge >= 0.3 is 0 Å². The molecule has 0 saturated carbocycles. The summed E-state index contributed by atoms with van der Waals surface area (Å²) >= 11 is 0. The molecule has 3 aromatic rings. The van der Waals surface area contributed by atoms with Crippen molar-refractivity contribution < 1.29 is 0 Å². The Labute approximate surface area is 92.0 Å². The van der Waals surface area contributed by atoms with Gasteiger partial charge in [-0.05, 0) is 30.5 Å². The number of aromatic nitrogens is 2. The number of nitrogens with zero attached hydrogens (tertiary/aromatic N) is 2. The van der Waals surface area contributed by atoms with Crippen LogP contribution in [0.15, 0.2) is 47.4 Å². The van der Waals surface area contributed by atoms with E-state index < -0.39 is 0 Å². The molecule has 0 bridgehead atoms. The zero-order valence-corrected chi connectivity index (χ0v) is 8.84. The molecule has 3 heteroatoms. The molecule has 3 nitrogen and oxygen atoms in total. The third-order valence-corrected chi connectivity index (χ3v) is 2.73. The van der Waals surface area contributed by atoms with Gasteiger partial charge in [-0.15, -0.1) is 0 Å². The van der Waals surface area contributed by atoms with Crippen molar-refractivity contribution >= 4 is 16.6 Å². The third-order valence-electron chi connectivity index (χ3n) is 2.73. The molecule has 1 aromatic carbocycles. The van der Waals surface area contributed by atoms with Crippen LogP contribution < -0.4 is 5.56 Å². The molecule has 3 rings (SSSR count). The predicted octanol–water partition coefficient (Wildman–Crippen LogP) is 2.16. The van der Waals surface area contributed by atoms with Crippen LogP contribution in [0.3, 0.4) is 0 Å². The average molecular weight is 210 g/mol. The first kappa shape index (κ1) is 9.09. The van der Waals surface area contributed by atoms with Crippen LogP contribution in [0, 0.1) is 6.92 Å². The molecule has 2 aromatic heterocycles. The largest absolute Gasteiger partial charge is 0.301 e. The fourth-order valence-corrected chi connectivity index (χ4v) is 1.88. The number of para-hydroxylation sites is 1. The van der Waals surface area contributed by atoms with Gasteiger partial charge in [0.25, 0.3) is 5.56 Å². The van der Waals surface area contributed by atoms with E-state index in [0.29, 0.717) is 11.2 Å². The van der Waals surface area contributed by atoms with Crippen molar-refractivity contribution in [3.05, 3.63) is 58.5 Å². The van der Waals surface area contributed by atoms with Crippen molar-refractivity contribution in [1.29, 1.82) is 0 Å². The molecule has 0 radical (unpaired) electrons. The van der Waals surface area contributed by atoms with E-state index in [-0.39, 0.29) is 5.56 Å². The minimum atomic E-state index is -0.157. The lowest BCUT2D eigenvalue weighted by molar-refractivity contribution is 1.07. The molecule has 0 aliphatic rings. The quantitative estimate of drug-likeness (QED) is 0.533. The molecule has 0 saturated heterocycles. The maximum atomic E-state index is 11.4. The summed E-state index contributed by atoms with van der Waals surface area (Å²) in [6.45, 7) is 1.78. The van der Waals surface area contributed by atoms with Gasteiger partial charge in [0.1, 0.15) is 5.65 Å². The van der Waals surface area contributed by atoms with E-state index in [9.17, 15) is 4.79 Å². The molecule has 0 spiro atoms. The van der Waals surface area contributed by atoms with Gasteiger partial charge in [0.05, 0.1) is 5.52 Å². The fourth-order valence-electron chi connectivity index (χ4n) is 1.88. The zero-order valence-electron chi connectivity index (χ0n) is 8.84. The van der Waals surface area contributed by atoms with Crippen LogP contribution in [0.1, 0.15) is 5.56 Å². The summed E-state index contributed by atoms with van der Waals surface area (Å²) in [4.78, 5) is 15.5. The minimum absolute atomic E-state index is 0.157. The highest BCUT2D eigenvalue weighted by atomic mass is 16.1. The van der Waals surface area contributed by atoms with Crippen LogP contribution in [-0.2, 0) is 0 Å². The summed E-state index contributed by atoms with van der Waals surface area (Å²) < 4.78 is 1.95. The van der Waals surface area contributed by atoms with Crippen LogP contribution in [0.5, 0.6) is 0 Å². The molecule has 0 N–H and O–H groups in total. The second-order valence-corrected chi connectivity index (χ2v) is 3.85. The monoisotopic (exact) mass is 210 g/mol. The summed E-state index contributed by atoms with van der Waals surface area (Å²) in [6, 6.07) is 11.9. The lowest BCUT2D eigenvalue weighted by atomic mass is 10.2. The third kappa shape index (κ3) is 1.21. The topological polar surface area (TPSA) is 34.4 Å². The maximum Gasteiger partial charge on any atom is 0.276 e. The summed E-state index contributed by atoms with van der Waals surface area (Å²) in [5.74, 6) is 0. The standard InChI is InChI=1S/C13H10N2O/c1-9-8-15-11-5-3-2-4-10(11)6-7-12(15)14-13(9)16/h2-8H,1H3. The van der Waals surface area contributed by atoms with E-state index in [4.69, 9.17) is 0 Å². The van der Waals surface area contributed by atoms with Crippen LogP contribution >= 0.6 is 0 Å². The molecule has 0 atom stereocenters. The predicted molar refractivity (Wildman–Crippen MR) is 63.7 cm³/mol. The summed E-state index contributed by atoms with van der Waals surface area (Å²) in [5, 5.41) is 1.14. The zero-order chi connectivity index (χ0) is 11.1. The van der Waals surface area contributed by atoms with Gasteiger partial charge in [-0.1, -0.05) is 18.2 Å². The van der Waals surface area contributed by atoms with Gasteiger partial charge in [0, 0.05) is 11.8 Å². The van der Waals surface area contributed by atoms with E-state index in [1.54, 1.807) is 6.92 Å². The first-order valence-electron chi connectivity index (χ1n) is 5.13. The molecule has 16 heavy (non-hydrogen) atoms. The van der Waals surface area contributed by atoms with Gasteiger partial charge in [-0.2, -0.15) is 4.98 Å². The summed E-state index contributed by atoms with van der Waals surface area (Å²) in [5.41, 5.74) is 2.26. The number of pyridine rings is 1. The van der Waals surface area contributed by atoms with Crippen LogP contribution in [0.4, 0.5) is 0 Å². The Morgan fingerprint density at radius 3 is 2.81 bits per heavy atom. The van der Waals surface area contributed by atoms with Crippen molar-refractivity contribution in [3.8, 4) is 0 Å². The van der Waals surface area contributed by atoms with Gasteiger partial charge < -0.3 is 4.40 Å². The van der Waals surface area contributed by atoms with Crippen LogP contribution in [0.2, 0.25) is 0 Å². The molecule has 0 amide bonds. The van der Waals surface area contributed by atoms with Gasteiger partial charge in [0.15, 0.2) is 0 Å². The maximum absolute atomic E-state index is 11.4. The number of rotatable bonds is 0. The molecule has 0 aliphatic heterocycles. The fraction of sp³-hybridized carbons (Fsp3) is 0.0769. The number of aryl methyl sites for hydroxylation is 1. The first-order valence-corrected chi connectivity index (χ1v) is 5.13. The average Bonchev–Trinajstić information content (AvgIpc) is 2.31. The second kappa shape index (κ2) is 3.17. The number of benzene rings is 1. The Hall–Kier alpha value is -2.16. The molecule has 0 unspecified atom stereocenters. The number of fused-ring (bicyclic) bond motifs is 3. The molecular formula is C13H10N2O. The van der Waals surface area contributed by atoms with E-state index in [0.717, 1.165) is 10.9 Å². The summed E-state index contributed by atoms with van der Waals surface area (Å²) in [7, 11) is 0.